The first-order valence-electron chi connectivity index (χ1n) is 4.09. The minimum atomic E-state index is -0.420. The number of aliphatic imine (C=N–C) groups is 2. The van der Waals surface area contributed by atoms with E-state index in [2.05, 4.69) is 9.98 Å². The van der Waals surface area contributed by atoms with E-state index in [0.717, 1.165) is 0 Å². The Kier molecular flexibility index (Phi) is 5.58. The van der Waals surface area contributed by atoms with Gasteiger partial charge < -0.3 is 17.2 Å². The molecule has 5 nitrogen and oxygen atoms in total. The van der Waals surface area contributed by atoms with Crippen LogP contribution in [0.2, 0.25) is 0 Å². The molecule has 0 aromatic carbocycles. The molecule has 76 valence electrons. The summed E-state index contributed by atoms with van der Waals surface area (Å²) in [4.78, 5) is 7.46. The fourth-order valence-corrected chi connectivity index (χ4v) is 0.834. The van der Waals surface area contributed by atoms with E-state index in [1.807, 2.05) is 6.92 Å². The molecule has 0 aromatic rings. The van der Waals surface area contributed by atoms with Gasteiger partial charge in [-0.25, -0.2) is 4.99 Å². The fourth-order valence-electron chi connectivity index (χ4n) is 0.834. The molecule has 0 bridgehead atoms. The summed E-state index contributed by atoms with van der Waals surface area (Å²) in [6, 6.07) is -0.145. The van der Waals surface area contributed by atoms with Crippen molar-refractivity contribution in [1.29, 1.82) is 0 Å². The summed E-state index contributed by atoms with van der Waals surface area (Å²) in [7, 11) is 0. The van der Waals surface area contributed by atoms with E-state index in [4.69, 9.17) is 17.2 Å². The Morgan fingerprint density at radius 2 is 2.00 bits per heavy atom. The van der Waals surface area contributed by atoms with Crippen LogP contribution in [0.15, 0.2) is 9.98 Å². The third-order valence-electron chi connectivity index (χ3n) is 1.47. The standard InChI is InChI=1S/C7H16FN5/c1-2-5(3-4-8)12-7(11)13-6(9)10/h5H,2-4H2,1H3,(H6,9,10,11,12,13). The number of hydrogen-bond acceptors (Lipinski definition) is 1. The van der Waals surface area contributed by atoms with Gasteiger partial charge in [0.25, 0.3) is 0 Å². The molecule has 13 heavy (non-hydrogen) atoms. The number of alkyl halides is 1. The third kappa shape index (κ3) is 5.89. The SMILES string of the molecule is CCC(CCF)N=C(N)N=C(N)N. The van der Waals surface area contributed by atoms with Crippen molar-refractivity contribution in [2.75, 3.05) is 6.67 Å². The highest BCUT2D eigenvalue weighted by molar-refractivity contribution is 5.92. The molecular formula is C7H16FN5. The smallest absolute Gasteiger partial charge is 0.218 e. The van der Waals surface area contributed by atoms with E-state index in [1.165, 1.54) is 0 Å². The lowest BCUT2D eigenvalue weighted by atomic mass is 10.2. The van der Waals surface area contributed by atoms with Crippen LogP contribution in [0, 0.1) is 0 Å². The van der Waals surface area contributed by atoms with Crippen LogP contribution in [0.25, 0.3) is 0 Å². The summed E-state index contributed by atoms with van der Waals surface area (Å²) in [5, 5.41) is 0. The lowest BCUT2D eigenvalue weighted by Gasteiger charge is -2.06. The van der Waals surface area contributed by atoms with Crippen molar-refractivity contribution in [3.63, 3.8) is 0 Å². The van der Waals surface area contributed by atoms with Crippen LogP contribution in [0.4, 0.5) is 4.39 Å². The maximum absolute atomic E-state index is 11.9. The Bertz CT molecular complexity index is 197. The second kappa shape index (κ2) is 6.22. The van der Waals surface area contributed by atoms with E-state index in [-0.39, 0.29) is 18.0 Å². The first-order valence-corrected chi connectivity index (χ1v) is 4.09. The summed E-state index contributed by atoms with van der Waals surface area (Å²) in [6.45, 7) is 1.48. The maximum Gasteiger partial charge on any atom is 0.218 e. The molecule has 0 aromatic heterocycles. The Labute approximate surface area is 76.9 Å². The zero-order valence-electron chi connectivity index (χ0n) is 7.70. The molecule has 1 atom stereocenters. The number of nitrogens with two attached hydrogens (primary N) is 3. The van der Waals surface area contributed by atoms with Gasteiger partial charge in [0.15, 0.2) is 5.96 Å². The molecule has 0 aliphatic rings. The minimum absolute atomic E-state index is 0.000278. The molecule has 0 fully saturated rings. The summed E-state index contributed by atoms with van der Waals surface area (Å²) >= 11 is 0. The highest BCUT2D eigenvalue weighted by Crippen LogP contribution is 2.03. The van der Waals surface area contributed by atoms with E-state index in [9.17, 15) is 4.39 Å². The zero-order valence-corrected chi connectivity index (χ0v) is 7.70. The first-order chi connectivity index (χ1) is 6.10. The molecule has 0 radical (unpaired) electrons. The average Bonchev–Trinajstić information content (AvgIpc) is 2.02. The molecule has 0 amide bonds. The van der Waals surface area contributed by atoms with Crippen LogP contribution >= 0.6 is 0 Å². The van der Waals surface area contributed by atoms with Gasteiger partial charge in [0, 0.05) is 0 Å². The minimum Gasteiger partial charge on any atom is -0.370 e. The molecule has 0 spiro atoms. The van der Waals surface area contributed by atoms with Crippen LogP contribution in [-0.2, 0) is 0 Å². The molecule has 1 unspecified atom stereocenters. The van der Waals surface area contributed by atoms with Crippen LogP contribution in [0.5, 0.6) is 0 Å². The van der Waals surface area contributed by atoms with Crippen molar-refractivity contribution in [3.8, 4) is 0 Å². The zero-order chi connectivity index (χ0) is 10.3. The summed E-state index contributed by atoms with van der Waals surface area (Å²) < 4.78 is 11.9. The van der Waals surface area contributed by atoms with Crippen molar-refractivity contribution in [3.05, 3.63) is 0 Å². The van der Waals surface area contributed by atoms with Crippen LogP contribution in [-0.4, -0.2) is 24.6 Å². The summed E-state index contributed by atoms with van der Waals surface area (Å²) in [6.07, 6.45) is 1.06. The Balaban J connectivity index is 4.24. The van der Waals surface area contributed by atoms with Gasteiger partial charge in [-0.05, 0) is 12.8 Å². The van der Waals surface area contributed by atoms with Gasteiger partial charge in [-0.1, -0.05) is 6.92 Å². The van der Waals surface area contributed by atoms with Crippen LogP contribution < -0.4 is 17.2 Å². The largest absolute Gasteiger partial charge is 0.370 e. The number of guanidine groups is 2. The van der Waals surface area contributed by atoms with E-state index in [1.54, 1.807) is 0 Å². The highest BCUT2D eigenvalue weighted by Gasteiger charge is 2.03. The van der Waals surface area contributed by atoms with E-state index in [0.29, 0.717) is 12.8 Å². The molecule has 0 aliphatic carbocycles. The maximum atomic E-state index is 11.9. The van der Waals surface area contributed by atoms with Crippen molar-refractivity contribution >= 4 is 11.9 Å². The van der Waals surface area contributed by atoms with E-state index >= 15 is 0 Å². The van der Waals surface area contributed by atoms with Crippen molar-refractivity contribution < 1.29 is 4.39 Å². The molecule has 0 rings (SSSR count). The normalized spacial score (nSPS) is 13.8. The lowest BCUT2D eigenvalue weighted by Crippen LogP contribution is -2.27. The summed E-state index contributed by atoms with van der Waals surface area (Å²) in [5.41, 5.74) is 15.5. The predicted octanol–water partition coefficient (Wildman–Crippen LogP) is -0.287. The number of halogens is 1. The fraction of sp³-hybridized carbons (Fsp3) is 0.714. The first kappa shape index (κ1) is 11.7. The van der Waals surface area contributed by atoms with Crippen LogP contribution in [0.1, 0.15) is 19.8 Å². The predicted molar refractivity (Wildman–Crippen MR) is 52.1 cm³/mol. The molecule has 0 aliphatic heterocycles. The monoisotopic (exact) mass is 189 g/mol. The van der Waals surface area contributed by atoms with Crippen LogP contribution in [0.3, 0.4) is 0 Å². The Hall–Kier alpha value is -1.33. The Morgan fingerprint density at radius 1 is 1.38 bits per heavy atom. The van der Waals surface area contributed by atoms with Gasteiger partial charge in [-0.15, -0.1) is 0 Å². The molecule has 0 saturated heterocycles. The molecule has 6 heteroatoms. The van der Waals surface area contributed by atoms with Gasteiger partial charge in [-0.2, -0.15) is 4.99 Å². The number of nitrogens with zero attached hydrogens (tertiary/aromatic N) is 2. The number of rotatable bonds is 4. The average molecular weight is 189 g/mol. The van der Waals surface area contributed by atoms with Gasteiger partial charge in [-0.3, -0.25) is 4.39 Å². The lowest BCUT2D eigenvalue weighted by molar-refractivity contribution is 0.432. The van der Waals surface area contributed by atoms with Crippen molar-refractivity contribution in [2.45, 2.75) is 25.8 Å². The van der Waals surface area contributed by atoms with Crippen molar-refractivity contribution in [2.24, 2.45) is 27.2 Å². The van der Waals surface area contributed by atoms with Crippen molar-refractivity contribution in [1.82, 2.24) is 0 Å². The van der Waals surface area contributed by atoms with Gasteiger partial charge in [0.1, 0.15) is 0 Å². The second-order valence-corrected chi connectivity index (χ2v) is 2.56. The quantitative estimate of drug-likeness (QED) is 0.418. The molecule has 0 heterocycles. The molecule has 0 saturated carbocycles. The Morgan fingerprint density at radius 3 is 2.38 bits per heavy atom. The van der Waals surface area contributed by atoms with Gasteiger partial charge >= 0.3 is 0 Å². The van der Waals surface area contributed by atoms with Gasteiger partial charge in [0.2, 0.25) is 5.96 Å². The topological polar surface area (TPSA) is 103 Å². The third-order valence-corrected chi connectivity index (χ3v) is 1.47. The molecule has 6 N–H and O–H groups in total. The van der Waals surface area contributed by atoms with E-state index < -0.39 is 6.67 Å². The second-order valence-electron chi connectivity index (χ2n) is 2.56. The molecular weight excluding hydrogens is 173 g/mol. The highest BCUT2D eigenvalue weighted by atomic mass is 19.1. The van der Waals surface area contributed by atoms with Gasteiger partial charge in [0.05, 0.1) is 12.7 Å². The number of hydrogen-bond donors (Lipinski definition) is 3. The summed E-state index contributed by atoms with van der Waals surface area (Å²) in [5.74, 6) is -0.142.